The molecule has 3 aromatic rings. The van der Waals surface area contributed by atoms with Crippen molar-refractivity contribution in [3.05, 3.63) is 67.7 Å². The molecular formula is C27H25BrF4N4O5. The number of methoxy groups -OCH3 is 1. The minimum absolute atomic E-state index is 0.0211. The summed E-state index contributed by atoms with van der Waals surface area (Å²) in [7, 11) is 1.29. The maximum Gasteiger partial charge on any atom is 0.418 e. The maximum atomic E-state index is 14.2. The van der Waals surface area contributed by atoms with Gasteiger partial charge < -0.3 is 29.6 Å². The number of aromatic amines is 1. The molecule has 0 radical (unpaired) electrons. The van der Waals surface area contributed by atoms with Crippen LogP contribution in [0.5, 0.6) is 5.75 Å². The highest BCUT2D eigenvalue weighted by Crippen LogP contribution is 2.42. The lowest BCUT2D eigenvalue weighted by atomic mass is 10.0. The average Bonchev–Trinajstić information content (AvgIpc) is 3.38. The number of rotatable bonds is 5. The van der Waals surface area contributed by atoms with Crippen molar-refractivity contribution < 1.29 is 36.6 Å². The highest BCUT2D eigenvalue weighted by molar-refractivity contribution is 9.10. The largest absolute Gasteiger partial charge is 0.496 e. The zero-order chi connectivity index (χ0) is 29.5. The zero-order valence-electron chi connectivity index (χ0n) is 21.7. The third kappa shape index (κ3) is 5.89. The number of amides is 2. The summed E-state index contributed by atoms with van der Waals surface area (Å²) in [5.74, 6) is -1.86. The number of carbonyl (C=O) groups is 2. The smallest absolute Gasteiger partial charge is 0.418 e. The second kappa shape index (κ2) is 11.3. The number of carbonyl (C=O) groups excluding carboxylic acids is 2. The van der Waals surface area contributed by atoms with E-state index in [9.17, 15) is 31.9 Å². The molecule has 2 fully saturated rings. The number of anilines is 1. The van der Waals surface area contributed by atoms with Crippen molar-refractivity contribution in [2.24, 2.45) is 0 Å². The van der Waals surface area contributed by atoms with Crippen LogP contribution >= 0.6 is 15.9 Å². The molecule has 41 heavy (non-hydrogen) atoms. The molecule has 0 spiro atoms. The van der Waals surface area contributed by atoms with Crippen LogP contribution in [-0.2, 0) is 10.9 Å². The molecule has 0 aliphatic carbocycles. The Labute approximate surface area is 239 Å². The van der Waals surface area contributed by atoms with E-state index >= 15 is 0 Å². The number of morpholine rings is 1. The van der Waals surface area contributed by atoms with Crippen LogP contribution in [0.1, 0.15) is 32.7 Å². The normalized spacial score (nSPS) is 17.7. The number of aromatic nitrogens is 1. The molecule has 14 heteroatoms. The monoisotopic (exact) mass is 640 g/mol. The summed E-state index contributed by atoms with van der Waals surface area (Å²) >= 11 is 3.12. The van der Waals surface area contributed by atoms with Crippen molar-refractivity contribution in [1.82, 2.24) is 15.2 Å². The molecule has 2 amide bonds. The van der Waals surface area contributed by atoms with Gasteiger partial charge in [-0.15, -0.1) is 0 Å². The van der Waals surface area contributed by atoms with Crippen molar-refractivity contribution in [1.29, 1.82) is 0 Å². The zero-order valence-corrected chi connectivity index (χ0v) is 23.3. The van der Waals surface area contributed by atoms with Gasteiger partial charge in [0.25, 0.3) is 11.8 Å². The summed E-state index contributed by atoms with van der Waals surface area (Å²) in [6.07, 6.45) is -4.48. The third-order valence-electron chi connectivity index (χ3n) is 7.08. The number of alkyl halides is 3. The standard InChI is InChI=1S/C27H25BrF4N4O5/c1-40-21-11-15(29)10-20-23(21)17(12-22(37)34-20)25(38)33-16-2-3-36(13-16)24-18(26(39)35-4-6-41-7-5-35)8-14(28)9-19(24)27(30,31)32/h8-12,16H,2-7,13H2,1H3,(H,33,38)(H,34,37)/t16-/m1/s1. The summed E-state index contributed by atoms with van der Waals surface area (Å²) in [6.45, 7) is 1.18. The number of hydrogen-bond donors (Lipinski definition) is 2. The van der Waals surface area contributed by atoms with Gasteiger partial charge >= 0.3 is 6.18 Å². The van der Waals surface area contributed by atoms with E-state index in [1.54, 1.807) is 0 Å². The summed E-state index contributed by atoms with van der Waals surface area (Å²) in [5.41, 5.74) is -1.98. The van der Waals surface area contributed by atoms with Crippen LogP contribution in [0.4, 0.5) is 23.2 Å². The van der Waals surface area contributed by atoms with Crippen molar-refractivity contribution >= 4 is 44.3 Å². The van der Waals surface area contributed by atoms with Gasteiger partial charge in [-0.1, -0.05) is 15.9 Å². The second-order valence-electron chi connectivity index (χ2n) is 9.73. The number of nitrogens with zero attached hydrogens (tertiary/aromatic N) is 2. The lowest BCUT2D eigenvalue weighted by molar-refractivity contribution is -0.137. The molecule has 0 unspecified atom stereocenters. The van der Waals surface area contributed by atoms with Crippen molar-refractivity contribution in [2.75, 3.05) is 51.4 Å². The Kier molecular flexibility index (Phi) is 7.97. The SMILES string of the molecule is COc1cc(F)cc2[nH]c(=O)cc(C(=O)N[C@@H]3CCN(c4c(C(=O)N5CCOCC5)cc(Br)cc4C(F)(F)F)C3)c12. The van der Waals surface area contributed by atoms with Crippen LogP contribution in [0, 0.1) is 5.82 Å². The van der Waals surface area contributed by atoms with Crippen molar-refractivity contribution in [3.8, 4) is 5.75 Å². The Balaban J connectivity index is 1.46. The first-order chi connectivity index (χ1) is 19.5. The highest BCUT2D eigenvalue weighted by Gasteiger charge is 2.40. The fraction of sp³-hybridized carbons (Fsp3) is 0.370. The predicted molar refractivity (Wildman–Crippen MR) is 145 cm³/mol. The molecule has 2 aliphatic heterocycles. The maximum absolute atomic E-state index is 14.2. The van der Waals surface area contributed by atoms with E-state index in [2.05, 4.69) is 26.2 Å². The van der Waals surface area contributed by atoms with Gasteiger partial charge in [-0.25, -0.2) is 4.39 Å². The topological polar surface area (TPSA) is 104 Å². The Morgan fingerprint density at radius 3 is 2.51 bits per heavy atom. The van der Waals surface area contributed by atoms with E-state index < -0.39 is 41.0 Å². The summed E-state index contributed by atoms with van der Waals surface area (Å²) in [4.78, 5) is 44.3. The minimum atomic E-state index is -4.75. The molecule has 2 saturated heterocycles. The van der Waals surface area contributed by atoms with Gasteiger partial charge in [-0.2, -0.15) is 13.2 Å². The Hall–Kier alpha value is -3.65. The number of pyridine rings is 1. The summed E-state index contributed by atoms with van der Waals surface area (Å²) < 4.78 is 67.4. The quantitative estimate of drug-likeness (QED) is 0.410. The van der Waals surface area contributed by atoms with E-state index in [4.69, 9.17) is 9.47 Å². The van der Waals surface area contributed by atoms with Gasteiger partial charge in [0, 0.05) is 48.8 Å². The lowest BCUT2D eigenvalue weighted by Crippen LogP contribution is -2.42. The van der Waals surface area contributed by atoms with Crippen LogP contribution in [0.15, 0.2) is 39.6 Å². The molecule has 5 rings (SSSR count). The van der Waals surface area contributed by atoms with Crippen LogP contribution in [-0.4, -0.2) is 74.2 Å². The number of nitrogens with one attached hydrogen (secondary N) is 2. The van der Waals surface area contributed by atoms with E-state index in [0.717, 1.165) is 24.3 Å². The highest BCUT2D eigenvalue weighted by atomic mass is 79.9. The van der Waals surface area contributed by atoms with Gasteiger partial charge in [0.15, 0.2) is 0 Å². The summed E-state index contributed by atoms with van der Waals surface area (Å²) in [5, 5.41) is 2.96. The van der Waals surface area contributed by atoms with E-state index in [1.165, 1.54) is 23.0 Å². The first-order valence-corrected chi connectivity index (χ1v) is 13.5. The molecular weight excluding hydrogens is 616 g/mol. The van der Waals surface area contributed by atoms with Crippen LogP contribution in [0.25, 0.3) is 10.9 Å². The first kappa shape index (κ1) is 28.9. The molecule has 218 valence electrons. The number of hydrogen-bond acceptors (Lipinski definition) is 6. The number of H-pyrrole nitrogens is 1. The number of halogens is 5. The van der Waals surface area contributed by atoms with Gasteiger partial charge in [0.1, 0.15) is 11.6 Å². The molecule has 2 aromatic carbocycles. The van der Waals surface area contributed by atoms with Gasteiger partial charge in [-0.05, 0) is 24.6 Å². The average molecular weight is 641 g/mol. The fourth-order valence-electron chi connectivity index (χ4n) is 5.27. The van der Waals surface area contributed by atoms with Crippen molar-refractivity contribution in [2.45, 2.75) is 18.6 Å². The number of fused-ring (bicyclic) bond motifs is 1. The number of benzene rings is 2. The Morgan fingerprint density at radius 1 is 1.10 bits per heavy atom. The molecule has 1 aromatic heterocycles. The molecule has 9 nitrogen and oxygen atoms in total. The van der Waals surface area contributed by atoms with Crippen LogP contribution in [0.3, 0.4) is 0 Å². The van der Waals surface area contributed by atoms with Crippen molar-refractivity contribution in [3.63, 3.8) is 0 Å². The fourth-order valence-corrected chi connectivity index (χ4v) is 5.73. The minimum Gasteiger partial charge on any atom is -0.496 e. The number of ether oxygens (including phenoxy) is 2. The first-order valence-electron chi connectivity index (χ1n) is 12.7. The summed E-state index contributed by atoms with van der Waals surface area (Å²) in [6, 6.07) is 4.90. The molecule has 0 saturated carbocycles. The Morgan fingerprint density at radius 2 is 1.83 bits per heavy atom. The third-order valence-corrected chi connectivity index (χ3v) is 7.54. The Bertz CT molecular complexity index is 1570. The van der Waals surface area contributed by atoms with Gasteiger partial charge in [-0.3, -0.25) is 14.4 Å². The predicted octanol–water partition coefficient (Wildman–Crippen LogP) is 3.94. The van der Waals surface area contributed by atoms with Crippen LogP contribution < -0.4 is 20.5 Å². The van der Waals surface area contributed by atoms with Gasteiger partial charge in [0.2, 0.25) is 5.56 Å². The van der Waals surface area contributed by atoms with E-state index in [-0.39, 0.29) is 83.8 Å². The van der Waals surface area contributed by atoms with Crippen LogP contribution in [0.2, 0.25) is 0 Å². The second-order valence-corrected chi connectivity index (χ2v) is 10.7. The molecule has 0 bridgehead atoms. The molecule has 2 aliphatic rings. The molecule has 3 heterocycles. The lowest BCUT2D eigenvalue weighted by Gasteiger charge is -2.31. The van der Waals surface area contributed by atoms with Gasteiger partial charge in [0.05, 0.1) is 53.6 Å². The molecule has 2 N–H and O–H groups in total. The molecule has 1 atom stereocenters. The van der Waals surface area contributed by atoms with E-state index in [1.807, 2.05) is 0 Å². The van der Waals surface area contributed by atoms with E-state index in [0.29, 0.717) is 0 Å².